The SMILES string of the molecule is CSc1ccc2nc(/C(C#N)=c3/c4c(-c5ccc(OC(=O)c6ccc7ccccc7c6)cc5)n(B(c5ccccc5)c5ccccc5)/c(=C(/C#N)c5cnc6cc(SC)ccc6n5)c4c(-c4ccc(OC(=O)c5ccc6ccccc6c5)cc4)n3B(c3ccccc3)c3ccccc3)cnc2c1. The molecule has 0 saturated heterocycles. The molecule has 0 bridgehead atoms. The van der Waals surface area contributed by atoms with Gasteiger partial charge in [0.1, 0.15) is 46.2 Å². The Labute approximate surface area is 596 Å². The third-order valence-electron chi connectivity index (χ3n) is 18.5. The van der Waals surface area contributed by atoms with Gasteiger partial charge >= 0.3 is 25.6 Å². The molecular weight excluding hydrogens is 1290 g/mol. The molecule has 0 spiro atoms. The molecule has 0 aliphatic carbocycles. The van der Waals surface area contributed by atoms with Crippen LogP contribution in [0.4, 0.5) is 0 Å². The molecule has 482 valence electrons. The molecule has 0 radical (unpaired) electrons. The Balaban J connectivity index is 1.09. The molecule has 4 heterocycles. The van der Waals surface area contributed by atoms with Crippen LogP contribution in [-0.2, 0) is 0 Å². The Kier molecular flexibility index (Phi) is 17.4. The molecular formula is C86H56B2N8O4S2. The zero-order valence-electron chi connectivity index (χ0n) is 55.0. The minimum atomic E-state index is -0.724. The van der Waals surface area contributed by atoms with Crippen molar-refractivity contribution in [1.29, 1.82) is 10.5 Å². The summed E-state index contributed by atoms with van der Waals surface area (Å²) in [5.41, 5.74) is 10.0. The molecule has 0 fully saturated rings. The van der Waals surface area contributed by atoms with Crippen molar-refractivity contribution in [3.8, 4) is 46.2 Å². The van der Waals surface area contributed by atoms with Crippen molar-refractivity contribution in [1.82, 2.24) is 28.9 Å². The summed E-state index contributed by atoms with van der Waals surface area (Å²) < 4.78 is 17.0. The molecule has 0 unspecified atom stereocenters. The third kappa shape index (κ3) is 12.1. The van der Waals surface area contributed by atoms with E-state index in [9.17, 15) is 20.1 Å². The van der Waals surface area contributed by atoms with Crippen LogP contribution in [0, 0.1) is 22.7 Å². The molecule has 16 rings (SSSR count). The van der Waals surface area contributed by atoms with Gasteiger partial charge in [0.15, 0.2) is 0 Å². The smallest absolute Gasteiger partial charge is 0.343 e. The van der Waals surface area contributed by atoms with Gasteiger partial charge in [-0.1, -0.05) is 204 Å². The Hall–Kier alpha value is -12.9. The van der Waals surface area contributed by atoms with Crippen LogP contribution in [0.25, 0.3) is 88.0 Å². The molecule has 0 aliphatic heterocycles. The van der Waals surface area contributed by atoms with Gasteiger partial charge in [0.05, 0.1) is 56.3 Å². The predicted molar refractivity (Wildman–Crippen MR) is 413 cm³/mol. The van der Waals surface area contributed by atoms with E-state index >= 15 is 0 Å². The van der Waals surface area contributed by atoms with Crippen molar-refractivity contribution in [2.45, 2.75) is 9.79 Å². The zero-order valence-corrected chi connectivity index (χ0v) is 56.7. The van der Waals surface area contributed by atoms with Crippen molar-refractivity contribution in [3.05, 3.63) is 337 Å². The van der Waals surface area contributed by atoms with Gasteiger partial charge in [-0.2, -0.15) is 10.5 Å². The number of ether oxygens (including phenoxy) is 2. The normalized spacial score (nSPS) is 11.9. The fourth-order valence-corrected chi connectivity index (χ4v) is 14.6. The first-order valence-corrected chi connectivity index (χ1v) is 35.5. The second kappa shape index (κ2) is 27.8. The maximum Gasteiger partial charge on any atom is 0.343 e. The molecule has 102 heavy (non-hydrogen) atoms. The first kappa shape index (κ1) is 63.9. The average Bonchev–Trinajstić information content (AvgIpc) is 1.52. The Morgan fingerprint density at radius 1 is 0.382 bits per heavy atom. The van der Waals surface area contributed by atoms with Crippen LogP contribution >= 0.6 is 23.5 Å². The lowest BCUT2D eigenvalue weighted by molar-refractivity contribution is 0.0725. The highest BCUT2D eigenvalue weighted by molar-refractivity contribution is 7.98. The van der Waals surface area contributed by atoms with Gasteiger partial charge in [-0.25, -0.2) is 19.6 Å². The van der Waals surface area contributed by atoms with Crippen molar-refractivity contribution in [2.24, 2.45) is 0 Å². The van der Waals surface area contributed by atoms with Crippen LogP contribution in [0.5, 0.6) is 11.5 Å². The summed E-state index contributed by atoms with van der Waals surface area (Å²) in [6, 6.07) is 99.5. The predicted octanol–water partition coefficient (Wildman–Crippen LogP) is 14.6. The molecule has 16 heteroatoms. The second-order valence-electron chi connectivity index (χ2n) is 24.5. The average molecular weight is 1350 g/mol. The highest BCUT2D eigenvalue weighted by Crippen LogP contribution is 2.38. The first-order valence-electron chi connectivity index (χ1n) is 33.0. The van der Waals surface area contributed by atoms with Gasteiger partial charge < -0.3 is 18.4 Å². The molecule has 0 aliphatic rings. The molecule has 0 atom stereocenters. The topological polar surface area (TPSA) is 162 Å². The van der Waals surface area contributed by atoms with Gasteiger partial charge in [0.25, 0.3) is 0 Å². The molecule has 12 aromatic carbocycles. The number of hydrogen-bond acceptors (Lipinski definition) is 12. The summed E-state index contributed by atoms with van der Waals surface area (Å²) in [7, 11) is 0. The van der Waals surface area contributed by atoms with E-state index in [4.69, 9.17) is 29.4 Å². The van der Waals surface area contributed by atoms with E-state index in [1.165, 1.54) is 0 Å². The minimum Gasteiger partial charge on any atom is -0.423 e. The maximum atomic E-state index is 14.3. The van der Waals surface area contributed by atoms with Crippen molar-refractivity contribution in [2.75, 3.05) is 12.5 Å². The van der Waals surface area contributed by atoms with Crippen molar-refractivity contribution >= 4 is 137 Å². The van der Waals surface area contributed by atoms with Crippen LogP contribution in [0.2, 0.25) is 0 Å². The number of thioether (sulfide) groups is 2. The summed E-state index contributed by atoms with van der Waals surface area (Å²) in [5, 5.41) is 31.1. The van der Waals surface area contributed by atoms with Crippen LogP contribution in [0.15, 0.2) is 313 Å². The van der Waals surface area contributed by atoms with Gasteiger partial charge in [0.2, 0.25) is 0 Å². The van der Waals surface area contributed by atoms with Gasteiger partial charge in [0, 0.05) is 32.0 Å². The fraction of sp³-hybridized carbons (Fsp3) is 0.0233. The zero-order chi connectivity index (χ0) is 69.2. The number of carbonyl (C=O) groups is 2. The number of fused-ring (bicyclic) bond motifs is 5. The summed E-state index contributed by atoms with van der Waals surface area (Å²) in [4.78, 5) is 51.5. The highest BCUT2D eigenvalue weighted by atomic mass is 32.2. The van der Waals surface area contributed by atoms with E-state index in [0.717, 1.165) is 53.2 Å². The Morgan fingerprint density at radius 3 is 1.07 bits per heavy atom. The number of esters is 2. The maximum absolute atomic E-state index is 14.3. The number of aromatic nitrogens is 6. The van der Waals surface area contributed by atoms with Crippen LogP contribution in [0.3, 0.4) is 0 Å². The van der Waals surface area contributed by atoms with E-state index in [1.807, 2.05) is 219 Å². The van der Waals surface area contributed by atoms with Crippen molar-refractivity contribution < 1.29 is 19.1 Å². The summed E-state index contributed by atoms with van der Waals surface area (Å²) in [6.45, 7) is -1.45. The monoisotopic (exact) mass is 1350 g/mol. The number of nitriles is 2. The summed E-state index contributed by atoms with van der Waals surface area (Å²) in [5.74, 6) is -0.513. The number of rotatable bonds is 16. The number of nitrogens with zero attached hydrogens (tertiary/aromatic N) is 8. The van der Waals surface area contributed by atoms with E-state index in [2.05, 4.69) is 69.6 Å². The number of carbonyl (C=O) groups excluding carboxylic acids is 2. The minimum absolute atomic E-state index is 0.169. The molecule has 0 amide bonds. The van der Waals surface area contributed by atoms with Gasteiger partial charge in [-0.15, -0.1) is 23.5 Å². The second-order valence-corrected chi connectivity index (χ2v) is 26.2. The van der Waals surface area contributed by atoms with Crippen LogP contribution in [0.1, 0.15) is 32.1 Å². The molecule has 4 aromatic heterocycles. The lowest BCUT2D eigenvalue weighted by atomic mass is 9.50. The highest BCUT2D eigenvalue weighted by Gasteiger charge is 2.38. The summed E-state index contributed by atoms with van der Waals surface area (Å²) >= 11 is 3.19. The largest absolute Gasteiger partial charge is 0.423 e. The lowest BCUT2D eigenvalue weighted by Crippen LogP contribution is -2.54. The number of hydrogen-bond donors (Lipinski definition) is 0. The quantitative estimate of drug-likeness (QED) is 0.0390. The van der Waals surface area contributed by atoms with Gasteiger partial charge in [-0.05, 0) is 154 Å². The van der Waals surface area contributed by atoms with E-state index in [1.54, 1.807) is 72.3 Å². The van der Waals surface area contributed by atoms with Crippen LogP contribution < -0.4 is 42.0 Å². The molecule has 16 aromatic rings. The molecule has 12 nitrogen and oxygen atoms in total. The lowest BCUT2D eigenvalue weighted by Gasteiger charge is -2.24. The van der Waals surface area contributed by atoms with E-state index in [0.29, 0.717) is 88.6 Å². The van der Waals surface area contributed by atoms with E-state index < -0.39 is 25.6 Å². The first-order chi connectivity index (χ1) is 50.2. The van der Waals surface area contributed by atoms with Gasteiger partial charge in [-0.3, -0.25) is 9.97 Å². The Bertz CT molecular complexity index is 5730. The van der Waals surface area contributed by atoms with Crippen LogP contribution in [-0.4, -0.2) is 67.0 Å². The van der Waals surface area contributed by atoms with Crippen molar-refractivity contribution in [3.63, 3.8) is 0 Å². The Morgan fingerprint density at radius 2 is 0.725 bits per heavy atom. The summed E-state index contributed by atoms with van der Waals surface area (Å²) in [6.07, 6.45) is 7.35. The van der Waals surface area contributed by atoms with E-state index in [-0.39, 0.29) is 22.6 Å². The molecule has 0 saturated carbocycles. The third-order valence-corrected chi connectivity index (χ3v) is 19.9. The standard InChI is InChI=1S/C86H56B2N8O4S2/c1-101-69-43-45-73-75(49-69)91-53-77(93-73)71(51-89)83-79-80(82(95(83)87(63-23-7-3-8-24-63)64-25-9-4-10-26-64)58-37-41-68(42-38-58)100-86(98)62-34-32-56-20-16-18-22-60(56)48-62)84(72(52-90)78-54-92-76-50-70(102-2)44-46-74(76)94-78)96(88(65-27-11-5-12-28-65)66-29-13-6-14-30-66)81(79)57-35-39-67(40-36-57)99-85(97)61-33-31-55-19-15-17-21-59(55)47-61/h3-50,53-54H,1-2H3/b83-71-,84-72-. The molecule has 0 N–H and O–H groups in total. The fourth-order valence-electron chi connectivity index (χ4n) is 13.8. The number of benzene rings is 12.